The van der Waals surface area contributed by atoms with Crippen molar-refractivity contribution in [1.29, 1.82) is 0 Å². The van der Waals surface area contributed by atoms with E-state index >= 15 is 0 Å². The van der Waals surface area contributed by atoms with E-state index in [1.807, 2.05) is 48.3 Å². The van der Waals surface area contributed by atoms with Crippen molar-refractivity contribution in [2.45, 2.75) is 6.04 Å². The maximum Gasteiger partial charge on any atom is 0.325 e. The molecule has 3 aromatic rings. The normalized spacial score (nSPS) is 16.6. The Morgan fingerprint density at radius 2 is 1.79 bits per heavy atom. The monoisotopic (exact) mass is 392 g/mol. The van der Waals surface area contributed by atoms with Crippen molar-refractivity contribution in [2.75, 3.05) is 38.5 Å². The number of aromatic amines is 1. The molecule has 1 saturated heterocycles. The number of carboxylic acid groups (broad SMARTS) is 1. The summed E-state index contributed by atoms with van der Waals surface area (Å²) in [4.78, 5) is 32.0. The Kier molecular flexibility index (Phi) is 5.33. The molecule has 1 aliphatic rings. The van der Waals surface area contributed by atoms with E-state index in [2.05, 4.69) is 15.2 Å². The predicted molar refractivity (Wildman–Crippen MR) is 112 cm³/mol. The Morgan fingerprint density at radius 1 is 1.07 bits per heavy atom. The number of aromatic nitrogens is 1. The van der Waals surface area contributed by atoms with Gasteiger partial charge in [0.15, 0.2) is 0 Å². The van der Waals surface area contributed by atoms with Crippen LogP contribution in [0.3, 0.4) is 0 Å². The number of hydrogen-bond acceptors (Lipinski definition) is 4. The fraction of sp³-hybridized carbons (Fsp3) is 0.273. The minimum Gasteiger partial charge on any atom is -0.480 e. The maximum absolute atomic E-state index is 12.5. The van der Waals surface area contributed by atoms with Crippen LogP contribution in [-0.4, -0.2) is 65.0 Å². The van der Waals surface area contributed by atoms with Gasteiger partial charge in [-0.15, -0.1) is 0 Å². The molecule has 7 nitrogen and oxygen atoms in total. The number of fused-ring (bicyclic) bond motifs is 1. The second-order valence-electron chi connectivity index (χ2n) is 7.40. The molecule has 1 unspecified atom stereocenters. The zero-order valence-corrected chi connectivity index (χ0v) is 16.3. The van der Waals surface area contributed by atoms with Gasteiger partial charge in [0.25, 0.3) is 5.91 Å². The molecule has 1 fully saturated rings. The number of anilines is 1. The van der Waals surface area contributed by atoms with Gasteiger partial charge in [0.1, 0.15) is 6.04 Å². The van der Waals surface area contributed by atoms with Gasteiger partial charge in [0, 0.05) is 60.1 Å². The van der Waals surface area contributed by atoms with Gasteiger partial charge in [-0.2, -0.15) is 0 Å². The number of nitrogens with one attached hydrogen (secondary N) is 2. The number of aliphatic carboxylic acids is 1. The molecule has 150 valence electrons. The van der Waals surface area contributed by atoms with Crippen LogP contribution in [0.2, 0.25) is 0 Å². The third kappa shape index (κ3) is 4.01. The van der Waals surface area contributed by atoms with Gasteiger partial charge in [0.2, 0.25) is 0 Å². The number of amides is 1. The van der Waals surface area contributed by atoms with E-state index in [0.717, 1.165) is 24.0 Å². The summed E-state index contributed by atoms with van der Waals surface area (Å²) in [5.74, 6) is -1.06. The fourth-order valence-corrected chi connectivity index (χ4v) is 3.81. The van der Waals surface area contributed by atoms with E-state index in [1.165, 1.54) is 0 Å². The van der Waals surface area contributed by atoms with Crippen molar-refractivity contribution in [3.63, 3.8) is 0 Å². The number of nitrogens with zero attached hydrogens (tertiary/aromatic N) is 2. The molecule has 2 heterocycles. The summed E-state index contributed by atoms with van der Waals surface area (Å²) in [7, 11) is 2.04. The number of carbonyl (C=O) groups excluding carboxylic acids is 1. The molecule has 0 radical (unpaired) electrons. The summed E-state index contributed by atoms with van der Waals surface area (Å²) in [5.41, 5.74) is 2.77. The topological polar surface area (TPSA) is 88.7 Å². The van der Waals surface area contributed by atoms with Crippen LogP contribution in [-0.2, 0) is 4.79 Å². The quantitative estimate of drug-likeness (QED) is 0.621. The van der Waals surface area contributed by atoms with Crippen LogP contribution in [0.25, 0.3) is 10.9 Å². The van der Waals surface area contributed by atoms with Crippen LogP contribution in [0.15, 0.2) is 54.7 Å². The number of hydrogen-bond donors (Lipinski definition) is 3. The molecule has 1 aromatic heterocycles. The lowest BCUT2D eigenvalue weighted by Gasteiger charge is -2.36. The van der Waals surface area contributed by atoms with Crippen LogP contribution in [0.5, 0.6) is 0 Å². The lowest BCUT2D eigenvalue weighted by molar-refractivity contribution is -0.144. The SMILES string of the molecule is CN1CCN(C(C(=O)O)c2c[nH]c3ccc(NC(=O)c4ccccc4)cc23)CC1. The molecule has 7 heteroatoms. The lowest BCUT2D eigenvalue weighted by atomic mass is 10.0. The molecule has 0 saturated carbocycles. The summed E-state index contributed by atoms with van der Waals surface area (Å²) in [6, 6.07) is 13.8. The predicted octanol–water partition coefficient (Wildman–Crippen LogP) is 2.79. The van der Waals surface area contributed by atoms with Crippen molar-refractivity contribution in [2.24, 2.45) is 0 Å². The highest BCUT2D eigenvalue weighted by Crippen LogP contribution is 2.31. The summed E-state index contributed by atoms with van der Waals surface area (Å²) in [5, 5.41) is 13.7. The standard InChI is InChI=1S/C22H24N4O3/c1-25-9-11-26(12-10-25)20(22(28)29)18-14-23-19-8-7-16(13-17(18)19)24-21(27)15-5-3-2-4-6-15/h2-8,13-14,20,23H,9-12H2,1H3,(H,24,27)(H,28,29). The van der Waals surface area contributed by atoms with Crippen LogP contribution >= 0.6 is 0 Å². The van der Waals surface area contributed by atoms with E-state index in [9.17, 15) is 14.7 Å². The van der Waals surface area contributed by atoms with Crippen LogP contribution < -0.4 is 5.32 Å². The molecule has 0 aliphatic carbocycles. The summed E-state index contributed by atoms with van der Waals surface area (Å²) in [6.07, 6.45) is 1.77. The lowest BCUT2D eigenvalue weighted by Crippen LogP contribution is -2.47. The van der Waals surface area contributed by atoms with E-state index in [1.54, 1.807) is 18.3 Å². The molecule has 3 N–H and O–H groups in total. The van der Waals surface area contributed by atoms with Crippen molar-refractivity contribution >= 4 is 28.5 Å². The third-order valence-corrected chi connectivity index (χ3v) is 5.44. The molecule has 1 aliphatic heterocycles. The van der Waals surface area contributed by atoms with Crippen LogP contribution in [0.4, 0.5) is 5.69 Å². The first-order valence-electron chi connectivity index (χ1n) is 9.66. The summed E-state index contributed by atoms with van der Waals surface area (Å²) >= 11 is 0. The van der Waals surface area contributed by atoms with Gasteiger partial charge < -0.3 is 20.3 Å². The van der Waals surface area contributed by atoms with Crippen LogP contribution in [0, 0.1) is 0 Å². The zero-order valence-electron chi connectivity index (χ0n) is 16.3. The average molecular weight is 392 g/mol. The Balaban J connectivity index is 1.64. The number of piperazine rings is 1. The van der Waals surface area contributed by atoms with Gasteiger partial charge >= 0.3 is 5.97 Å². The summed E-state index contributed by atoms with van der Waals surface area (Å²) in [6.45, 7) is 3.07. The molecular formula is C22H24N4O3. The van der Waals surface area contributed by atoms with Gasteiger partial charge in [-0.25, -0.2) is 0 Å². The second kappa shape index (κ2) is 8.06. The number of benzene rings is 2. The largest absolute Gasteiger partial charge is 0.480 e. The summed E-state index contributed by atoms with van der Waals surface area (Å²) < 4.78 is 0. The molecule has 0 bridgehead atoms. The Labute approximate surface area is 168 Å². The third-order valence-electron chi connectivity index (χ3n) is 5.44. The fourth-order valence-electron chi connectivity index (χ4n) is 3.81. The first-order valence-corrected chi connectivity index (χ1v) is 9.66. The van der Waals surface area contributed by atoms with Gasteiger partial charge in [-0.3, -0.25) is 14.5 Å². The Bertz CT molecular complexity index is 1020. The molecular weight excluding hydrogens is 368 g/mol. The van der Waals surface area contributed by atoms with E-state index < -0.39 is 12.0 Å². The molecule has 29 heavy (non-hydrogen) atoms. The van der Waals surface area contributed by atoms with E-state index in [-0.39, 0.29) is 5.91 Å². The van der Waals surface area contributed by atoms with Crippen LogP contribution in [0.1, 0.15) is 22.0 Å². The average Bonchev–Trinajstić information content (AvgIpc) is 3.13. The highest BCUT2D eigenvalue weighted by Gasteiger charge is 2.31. The molecule has 1 amide bonds. The number of likely N-dealkylation sites (N-methyl/N-ethyl adjacent to an activating group) is 1. The van der Waals surface area contributed by atoms with Gasteiger partial charge in [-0.1, -0.05) is 18.2 Å². The highest BCUT2D eigenvalue weighted by atomic mass is 16.4. The van der Waals surface area contributed by atoms with Crippen molar-refractivity contribution in [3.8, 4) is 0 Å². The van der Waals surface area contributed by atoms with E-state index in [4.69, 9.17) is 0 Å². The zero-order chi connectivity index (χ0) is 20.4. The smallest absolute Gasteiger partial charge is 0.325 e. The first kappa shape index (κ1) is 19.2. The molecule has 0 spiro atoms. The minimum atomic E-state index is -0.867. The van der Waals surface area contributed by atoms with Crippen molar-refractivity contribution in [1.82, 2.24) is 14.8 Å². The Morgan fingerprint density at radius 3 is 2.48 bits per heavy atom. The van der Waals surface area contributed by atoms with Crippen molar-refractivity contribution in [3.05, 3.63) is 65.9 Å². The number of rotatable bonds is 5. The maximum atomic E-state index is 12.5. The number of H-pyrrole nitrogens is 1. The second-order valence-corrected chi connectivity index (χ2v) is 7.40. The van der Waals surface area contributed by atoms with Gasteiger partial charge in [-0.05, 0) is 37.4 Å². The Hall–Kier alpha value is -3.16. The molecule has 1 atom stereocenters. The number of carboxylic acids is 1. The molecule has 2 aromatic carbocycles. The van der Waals surface area contributed by atoms with Crippen molar-refractivity contribution < 1.29 is 14.7 Å². The molecule has 4 rings (SSSR count). The number of carbonyl (C=O) groups is 2. The van der Waals surface area contributed by atoms with E-state index in [0.29, 0.717) is 29.9 Å². The van der Waals surface area contributed by atoms with Gasteiger partial charge in [0.05, 0.1) is 0 Å². The minimum absolute atomic E-state index is 0.198. The first-order chi connectivity index (χ1) is 14.0. The highest BCUT2D eigenvalue weighted by molar-refractivity contribution is 6.05.